The minimum atomic E-state index is -0.244. The topological polar surface area (TPSA) is 58.2 Å². The molecule has 4 nitrogen and oxygen atoms in total. The van der Waals surface area contributed by atoms with Gasteiger partial charge in [-0.25, -0.2) is 0 Å². The third-order valence-electron chi connectivity index (χ3n) is 3.04. The number of halogens is 1. The lowest BCUT2D eigenvalue weighted by Crippen LogP contribution is -2.32. The van der Waals surface area contributed by atoms with Gasteiger partial charge >= 0.3 is 0 Å². The summed E-state index contributed by atoms with van der Waals surface area (Å²) < 4.78 is 0.886. The predicted molar refractivity (Wildman–Crippen MR) is 90.5 cm³/mol. The van der Waals surface area contributed by atoms with Gasteiger partial charge in [-0.05, 0) is 30.2 Å². The molecule has 114 valence electrons. The molecule has 0 aliphatic carbocycles. The van der Waals surface area contributed by atoms with Crippen molar-refractivity contribution < 1.29 is 9.59 Å². The van der Waals surface area contributed by atoms with Crippen LogP contribution in [0.15, 0.2) is 59.1 Å². The van der Waals surface area contributed by atoms with Gasteiger partial charge in [-0.2, -0.15) is 0 Å². The zero-order valence-electron chi connectivity index (χ0n) is 12.0. The van der Waals surface area contributed by atoms with Crippen LogP contribution in [0.5, 0.6) is 0 Å². The van der Waals surface area contributed by atoms with Gasteiger partial charge in [0.2, 0.25) is 11.8 Å². The number of carbonyl (C=O) groups excluding carboxylic acids is 2. The Morgan fingerprint density at radius 2 is 1.73 bits per heavy atom. The van der Waals surface area contributed by atoms with Crippen LogP contribution in [0.1, 0.15) is 12.0 Å². The van der Waals surface area contributed by atoms with Crippen molar-refractivity contribution in [1.82, 2.24) is 5.32 Å². The summed E-state index contributed by atoms with van der Waals surface area (Å²) in [6, 6.07) is 17.1. The van der Waals surface area contributed by atoms with E-state index >= 15 is 0 Å². The van der Waals surface area contributed by atoms with E-state index in [1.165, 1.54) is 0 Å². The van der Waals surface area contributed by atoms with E-state index < -0.39 is 0 Å². The van der Waals surface area contributed by atoms with Crippen molar-refractivity contribution in [1.29, 1.82) is 0 Å². The summed E-state index contributed by atoms with van der Waals surface area (Å²) in [5.74, 6) is -0.376. The highest BCUT2D eigenvalue weighted by Gasteiger charge is 2.06. The molecule has 0 aliphatic rings. The first-order valence-corrected chi connectivity index (χ1v) is 7.79. The number of hydrogen-bond acceptors (Lipinski definition) is 2. The molecule has 22 heavy (non-hydrogen) atoms. The molecule has 0 saturated carbocycles. The maximum Gasteiger partial charge on any atom is 0.243 e. The van der Waals surface area contributed by atoms with Crippen molar-refractivity contribution in [2.45, 2.75) is 12.8 Å². The minimum Gasteiger partial charge on any atom is -0.347 e. The second-order valence-corrected chi connectivity index (χ2v) is 5.74. The van der Waals surface area contributed by atoms with Gasteiger partial charge in [-0.1, -0.05) is 52.3 Å². The van der Waals surface area contributed by atoms with Gasteiger partial charge in [0.15, 0.2) is 0 Å². The molecular formula is C17H17BrN2O2. The van der Waals surface area contributed by atoms with Crippen LogP contribution in [0.2, 0.25) is 0 Å². The molecule has 0 saturated heterocycles. The van der Waals surface area contributed by atoms with Crippen LogP contribution in [-0.2, 0) is 16.0 Å². The van der Waals surface area contributed by atoms with Crippen LogP contribution in [0.3, 0.4) is 0 Å². The predicted octanol–water partition coefficient (Wildman–Crippen LogP) is 3.14. The van der Waals surface area contributed by atoms with Crippen LogP contribution >= 0.6 is 15.9 Å². The molecule has 2 rings (SSSR count). The lowest BCUT2D eigenvalue weighted by atomic mass is 10.1. The maximum atomic E-state index is 11.8. The van der Waals surface area contributed by atoms with E-state index in [4.69, 9.17) is 0 Å². The van der Waals surface area contributed by atoms with Crippen LogP contribution in [0.25, 0.3) is 0 Å². The van der Waals surface area contributed by atoms with Gasteiger partial charge in [-0.15, -0.1) is 0 Å². The highest BCUT2D eigenvalue weighted by Crippen LogP contribution is 2.15. The zero-order chi connectivity index (χ0) is 15.8. The molecule has 2 aromatic carbocycles. The summed E-state index contributed by atoms with van der Waals surface area (Å²) in [4.78, 5) is 23.5. The molecule has 0 aromatic heterocycles. The Morgan fingerprint density at radius 1 is 0.955 bits per heavy atom. The Hall–Kier alpha value is -2.14. The van der Waals surface area contributed by atoms with E-state index in [1.807, 2.05) is 42.5 Å². The summed E-state index contributed by atoms with van der Waals surface area (Å²) >= 11 is 3.34. The third kappa shape index (κ3) is 5.69. The van der Waals surface area contributed by atoms with Crippen LogP contribution in [0.4, 0.5) is 5.69 Å². The first-order valence-electron chi connectivity index (χ1n) is 6.99. The van der Waals surface area contributed by atoms with E-state index in [-0.39, 0.29) is 18.4 Å². The number of amides is 2. The van der Waals surface area contributed by atoms with Gasteiger partial charge in [0, 0.05) is 16.6 Å². The number of rotatable bonds is 6. The third-order valence-corrected chi connectivity index (χ3v) is 3.53. The molecular weight excluding hydrogens is 344 g/mol. The lowest BCUT2D eigenvalue weighted by molar-refractivity contribution is -0.124. The average molecular weight is 361 g/mol. The first kappa shape index (κ1) is 16.2. The Bertz CT molecular complexity index is 644. The maximum absolute atomic E-state index is 11.8. The second kappa shape index (κ2) is 8.34. The zero-order valence-corrected chi connectivity index (χ0v) is 13.6. The van der Waals surface area contributed by atoms with Gasteiger partial charge in [0.25, 0.3) is 0 Å². The summed E-state index contributed by atoms with van der Waals surface area (Å²) in [6.07, 6.45) is 1.04. The second-order valence-electron chi connectivity index (χ2n) is 4.82. The number of hydrogen-bond donors (Lipinski definition) is 2. The molecule has 2 amide bonds. The molecule has 0 bridgehead atoms. The van der Waals surface area contributed by atoms with Crippen LogP contribution in [-0.4, -0.2) is 18.4 Å². The molecule has 5 heteroatoms. The van der Waals surface area contributed by atoms with Crippen molar-refractivity contribution >= 4 is 33.4 Å². The van der Waals surface area contributed by atoms with E-state index in [0.29, 0.717) is 18.5 Å². The van der Waals surface area contributed by atoms with Gasteiger partial charge in [-0.3, -0.25) is 9.59 Å². The Labute approximate surface area is 138 Å². The lowest BCUT2D eigenvalue weighted by Gasteiger charge is -2.07. The summed E-state index contributed by atoms with van der Waals surface area (Å²) in [6.45, 7) is -0.0276. The minimum absolute atomic E-state index is 0.0276. The molecule has 0 spiro atoms. The fourth-order valence-electron chi connectivity index (χ4n) is 1.94. The number of benzene rings is 2. The first-order chi connectivity index (χ1) is 10.6. The Morgan fingerprint density at radius 3 is 2.45 bits per heavy atom. The standard InChI is InChI=1S/C17H17BrN2O2/c18-14-7-4-8-15(11-14)20-17(22)12-19-16(21)10-9-13-5-2-1-3-6-13/h1-8,11H,9-10,12H2,(H,19,21)(H,20,22). The summed E-state index contributed by atoms with van der Waals surface area (Å²) in [7, 11) is 0. The quantitative estimate of drug-likeness (QED) is 0.831. The van der Waals surface area contributed by atoms with E-state index in [1.54, 1.807) is 12.1 Å². The Kier molecular flexibility index (Phi) is 6.15. The summed E-state index contributed by atoms with van der Waals surface area (Å²) in [5.41, 5.74) is 1.80. The highest BCUT2D eigenvalue weighted by molar-refractivity contribution is 9.10. The van der Waals surface area contributed by atoms with Crippen LogP contribution < -0.4 is 10.6 Å². The van der Waals surface area contributed by atoms with Crippen molar-refractivity contribution in [3.8, 4) is 0 Å². The van der Waals surface area contributed by atoms with Crippen molar-refractivity contribution in [3.63, 3.8) is 0 Å². The molecule has 0 radical (unpaired) electrons. The molecule has 0 atom stereocenters. The Balaban J connectivity index is 1.70. The normalized spacial score (nSPS) is 10.0. The largest absolute Gasteiger partial charge is 0.347 e. The van der Waals surface area contributed by atoms with Crippen molar-refractivity contribution in [2.75, 3.05) is 11.9 Å². The SMILES string of the molecule is O=C(CCc1ccccc1)NCC(=O)Nc1cccc(Br)c1. The van der Waals surface area contributed by atoms with Gasteiger partial charge in [0.1, 0.15) is 0 Å². The molecule has 2 N–H and O–H groups in total. The number of carbonyl (C=O) groups is 2. The molecule has 0 heterocycles. The fraction of sp³-hybridized carbons (Fsp3) is 0.176. The van der Waals surface area contributed by atoms with Gasteiger partial charge in [0.05, 0.1) is 6.54 Å². The van der Waals surface area contributed by atoms with Gasteiger partial charge < -0.3 is 10.6 Å². The molecule has 0 aliphatic heterocycles. The average Bonchev–Trinajstić information content (AvgIpc) is 2.52. The van der Waals surface area contributed by atoms with Crippen LogP contribution in [0, 0.1) is 0 Å². The van der Waals surface area contributed by atoms with Crippen molar-refractivity contribution in [3.05, 3.63) is 64.6 Å². The summed E-state index contributed by atoms with van der Waals surface area (Å²) in [5, 5.41) is 5.35. The number of anilines is 1. The molecule has 0 fully saturated rings. The fourth-order valence-corrected chi connectivity index (χ4v) is 2.34. The monoisotopic (exact) mass is 360 g/mol. The number of nitrogens with one attached hydrogen (secondary N) is 2. The molecule has 0 unspecified atom stereocenters. The number of aryl methyl sites for hydroxylation is 1. The van der Waals surface area contributed by atoms with Crippen molar-refractivity contribution in [2.24, 2.45) is 0 Å². The van der Waals surface area contributed by atoms with E-state index in [2.05, 4.69) is 26.6 Å². The van der Waals surface area contributed by atoms with E-state index in [0.717, 1.165) is 10.0 Å². The van der Waals surface area contributed by atoms with E-state index in [9.17, 15) is 9.59 Å². The smallest absolute Gasteiger partial charge is 0.243 e. The highest BCUT2D eigenvalue weighted by atomic mass is 79.9. The molecule has 2 aromatic rings.